The van der Waals surface area contributed by atoms with Gasteiger partial charge in [-0.05, 0) is 24.3 Å². The summed E-state index contributed by atoms with van der Waals surface area (Å²) in [4.78, 5) is 8.04. The zero-order valence-electron chi connectivity index (χ0n) is 7.31. The van der Waals surface area contributed by atoms with Crippen molar-refractivity contribution < 1.29 is 4.39 Å². The second-order valence-electron chi connectivity index (χ2n) is 2.85. The molecular formula is C10H8FN3. The molecule has 1 heterocycles. The van der Waals surface area contributed by atoms with E-state index < -0.39 is 0 Å². The highest BCUT2D eigenvalue weighted by Gasteiger charge is 1.99. The van der Waals surface area contributed by atoms with Crippen LogP contribution in [0.4, 0.5) is 10.1 Å². The van der Waals surface area contributed by atoms with Gasteiger partial charge in [0.05, 0.1) is 18.1 Å². The number of nitrogen functional groups attached to an aromatic ring is 1. The highest BCUT2D eigenvalue weighted by molar-refractivity contribution is 5.55. The number of anilines is 1. The molecule has 2 aromatic rings. The van der Waals surface area contributed by atoms with Crippen molar-refractivity contribution in [3.05, 3.63) is 42.5 Å². The lowest BCUT2D eigenvalue weighted by Crippen LogP contribution is -1.92. The van der Waals surface area contributed by atoms with Gasteiger partial charge in [-0.1, -0.05) is 0 Å². The molecule has 4 heteroatoms. The first kappa shape index (κ1) is 8.62. The topological polar surface area (TPSA) is 51.8 Å². The Morgan fingerprint density at radius 3 is 2.14 bits per heavy atom. The fourth-order valence-electron chi connectivity index (χ4n) is 1.09. The van der Waals surface area contributed by atoms with E-state index in [9.17, 15) is 4.39 Å². The Kier molecular flexibility index (Phi) is 2.10. The van der Waals surface area contributed by atoms with Gasteiger partial charge in [-0.2, -0.15) is 0 Å². The van der Waals surface area contributed by atoms with Crippen molar-refractivity contribution in [2.24, 2.45) is 0 Å². The van der Waals surface area contributed by atoms with Gasteiger partial charge in [-0.25, -0.2) is 14.4 Å². The lowest BCUT2D eigenvalue weighted by molar-refractivity contribution is 0.628. The van der Waals surface area contributed by atoms with Crippen LogP contribution in [0.5, 0.6) is 0 Å². The highest BCUT2D eigenvalue weighted by atomic mass is 19.1. The van der Waals surface area contributed by atoms with E-state index in [1.54, 1.807) is 12.1 Å². The minimum atomic E-state index is -0.274. The number of nitrogens with two attached hydrogens (primary N) is 1. The molecule has 0 bridgehead atoms. The van der Waals surface area contributed by atoms with E-state index in [0.29, 0.717) is 11.5 Å². The average molecular weight is 189 g/mol. The molecule has 0 fully saturated rings. The van der Waals surface area contributed by atoms with Crippen LogP contribution in [0, 0.1) is 5.82 Å². The van der Waals surface area contributed by atoms with E-state index in [2.05, 4.69) is 9.97 Å². The van der Waals surface area contributed by atoms with Gasteiger partial charge in [0.2, 0.25) is 0 Å². The summed E-state index contributed by atoms with van der Waals surface area (Å²) < 4.78 is 12.6. The van der Waals surface area contributed by atoms with Crippen molar-refractivity contribution in [3.8, 4) is 11.4 Å². The minimum Gasteiger partial charge on any atom is -0.396 e. The molecule has 0 radical (unpaired) electrons. The molecule has 14 heavy (non-hydrogen) atoms. The van der Waals surface area contributed by atoms with Crippen LogP contribution in [0.1, 0.15) is 0 Å². The molecule has 0 atom stereocenters. The SMILES string of the molecule is Nc1cnc(-c2ccc(F)cc2)nc1. The van der Waals surface area contributed by atoms with Crippen molar-refractivity contribution in [1.29, 1.82) is 0 Å². The van der Waals surface area contributed by atoms with Crippen LogP contribution in [0.25, 0.3) is 11.4 Å². The van der Waals surface area contributed by atoms with Gasteiger partial charge in [0, 0.05) is 5.56 Å². The molecule has 0 unspecified atom stereocenters. The van der Waals surface area contributed by atoms with Crippen LogP contribution in [0.2, 0.25) is 0 Å². The summed E-state index contributed by atoms with van der Waals surface area (Å²) in [5.41, 5.74) is 6.72. The third-order valence-electron chi connectivity index (χ3n) is 1.77. The highest BCUT2D eigenvalue weighted by Crippen LogP contribution is 2.14. The first-order chi connectivity index (χ1) is 6.75. The molecule has 0 aliphatic rings. The molecule has 2 N–H and O–H groups in total. The number of aromatic nitrogens is 2. The Morgan fingerprint density at radius 2 is 1.57 bits per heavy atom. The predicted octanol–water partition coefficient (Wildman–Crippen LogP) is 1.86. The first-order valence-electron chi connectivity index (χ1n) is 4.09. The molecule has 0 amide bonds. The molecule has 3 nitrogen and oxygen atoms in total. The molecule has 0 saturated heterocycles. The number of hydrogen-bond acceptors (Lipinski definition) is 3. The van der Waals surface area contributed by atoms with E-state index >= 15 is 0 Å². The Hall–Kier alpha value is -1.97. The number of benzene rings is 1. The third kappa shape index (κ3) is 1.69. The Labute approximate surface area is 80.4 Å². The fourth-order valence-corrected chi connectivity index (χ4v) is 1.09. The summed E-state index contributed by atoms with van der Waals surface area (Å²) >= 11 is 0. The van der Waals surface area contributed by atoms with Crippen LogP contribution in [0.3, 0.4) is 0 Å². The quantitative estimate of drug-likeness (QED) is 0.744. The molecule has 1 aromatic carbocycles. The van der Waals surface area contributed by atoms with Crippen LogP contribution >= 0.6 is 0 Å². The van der Waals surface area contributed by atoms with Crippen molar-refractivity contribution in [3.63, 3.8) is 0 Å². The predicted molar refractivity (Wildman–Crippen MR) is 51.8 cm³/mol. The lowest BCUT2D eigenvalue weighted by Gasteiger charge is -1.99. The molecule has 1 aromatic heterocycles. The maximum atomic E-state index is 12.6. The molecule has 0 aliphatic carbocycles. The Bertz CT molecular complexity index is 379. The number of rotatable bonds is 1. The van der Waals surface area contributed by atoms with Crippen molar-refractivity contribution in [1.82, 2.24) is 9.97 Å². The normalized spacial score (nSPS) is 10.1. The second kappa shape index (κ2) is 3.41. The van der Waals surface area contributed by atoms with E-state index in [1.807, 2.05) is 0 Å². The Balaban J connectivity index is 2.40. The zero-order valence-corrected chi connectivity index (χ0v) is 7.31. The summed E-state index contributed by atoms with van der Waals surface area (Å²) in [5.74, 6) is 0.267. The van der Waals surface area contributed by atoms with Gasteiger partial charge in [-0.3, -0.25) is 0 Å². The largest absolute Gasteiger partial charge is 0.396 e. The van der Waals surface area contributed by atoms with Gasteiger partial charge in [0.1, 0.15) is 5.82 Å². The van der Waals surface area contributed by atoms with Gasteiger partial charge in [-0.15, -0.1) is 0 Å². The Morgan fingerprint density at radius 1 is 1.00 bits per heavy atom. The molecule has 2 rings (SSSR count). The maximum Gasteiger partial charge on any atom is 0.159 e. The summed E-state index contributed by atoms with van der Waals surface area (Å²) in [5, 5.41) is 0. The smallest absolute Gasteiger partial charge is 0.159 e. The fraction of sp³-hybridized carbons (Fsp3) is 0. The van der Waals surface area contributed by atoms with E-state index in [0.717, 1.165) is 5.56 Å². The lowest BCUT2D eigenvalue weighted by atomic mass is 10.2. The van der Waals surface area contributed by atoms with Gasteiger partial charge < -0.3 is 5.73 Å². The van der Waals surface area contributed by atoms with Gasteiger partial charge in [0.25, 0.3) is 0 Å². The zero-order chi connectivity index (χ0) is 9.97. The number of hydrogen-bond donors (Lipinski definition) is 1. The van der Waals surface area contributed by atoms with Crippen LogP contribution in [0.15, 0.2) is 36.7 Å². The minimum absolute atomic E-state index is 0.274. The second-order valence-corrected chi connectivity index (χ2v) is 2.85. The van der Waals surface area contributed by atoms with Crippen LogP contribution in [-0.2, 0) is 0 Å². The molecule has 0 aliphatic heterocycles. The van der Waals surface area contributed by atoms with Gasteiger partial charge in [0.15, 0.2) is 5.82 Å². The van der Waals surface area contributed by atoms with E-state index in [-0.39, 0.29) is 5.82 Å². The van der Waals surface area contributed by atoms with Crippen LogP contribution in [-0.4, -0.2) is 9.97 Å². The van der Waals surface area contributed by atoms with Crippen LogP contribution < -0.4 is 5.73 Å². The summed E-state index contributed by atoms with van der Waals surface area (Å²) in [6.07, 6.45) is 3.04. The molecule has 0 saturated carbocycles. The standard InChI is InChI=1S/C10H8FN3/c11-8-3-1-7(2-4-8)10-13-5-9(12)6-14-10/h1-6H,12H2. The third-order valence-corrected chi connectivity index (χ3v) is 1.77. The summed E-state index contributed by atoms with van der Waals surface area (Å²) in [6.45, 7) is 0. The molecular weight excluding hydrogens is 181 g/mol. The van der Waals surface area contributed by atoms with Crippen molar-refractivity contribution in [2.45, 2.75) is 0 Å². The average Bonchev–Trinajstić information content (AvgIpc) is 2.21. The monoisotopic (exact) mass is 189 g/mol. The summed E-state index contributed by atoms with van der Waals surface area (Å²) in [7, 11) is 0. The van der Waals surface area contributed by atoms with Gasteiger partial charge >= 0.3 is 0 Å². The van der Waals surface area contributed by atoms with Crippen molar-refractivity contribution >= 4 is 5.69 Å². The molecule has 0 spiro atoms. The van der Waals surface area contributed by atoms with Crippen molar-refractivity contribution in [2.75, 3.05) is 5.73 Å². The van der Waals surface area contributed by atoms with E-state index in [4.69, 9.17) is 5.73 Å². The number of halogens is 1. The maximum absolute atomic E-state index is 12.6. The van der Waals surface area contributed by atoms with E-state index in [1.165, 1.54) is 24.5 Å². The summed E-state index contributed by atoms with van der Waals surface area (Å²) in [6, 6.07) is 5.99. The number of nitrogens with zero attached hydrogens (tertiary/aromatic N) is 2. The molecule has 70 valence electrons. The first-order valence-corrected chi connectivity index (χ1v) is 4.09.